The van der Waals surface area contributed by atoms with Gasteiger partial charge in [-0.05, 0) is 37.1 Å². The topological polar surface area (TPSA) is 86.9 Å². The monoisotopic (exact) mass is 465 g/mol. The molecule has 0 N–H and O–H groups in total. The Morgan fingerprint density at radius 1 is 0.971 bits per heavy atom. The maximum atomic E-state index is 13.5. The van der Waals surface area contributed by atoms with Gasteiger partial charge in [0.05, 0.1) is 27.8 Å². The van der Waals surface area contributed by atoms with Gasteiger partial charge in [-0.25, -0.2) is 0 Å². The van der Waals surface area contributed by atoms with Crippen molar-refractivity contribution < 1.29 is 23.5 Å². The minimum Gasteiger partial charge on any atom is -0.496 e. The third-order valence-electron chi connectivity index (χ3n) is 6.29. The minimum atomic E-state index is 0.0299. The zero-order valence-corrected chi connectivity index (χ0v) is 20.0. The second-order valence-corrected chi connectivity index (χ2v) is 8.38. The first-order valence-electron chi connectivity index (χ1n) is 11.6. The van der Waals surface area contributed by atoms with Gasteiger partial charge in [-0.2, -0.15) is 4.98 Å². The SMILES string of the molecule is COc1ccccc1CC(=O)N(Cc1nc(-c2ccc(OC)c(OC)c2)no1)C1CCCCC1. The number of ether oxygens (including phenoxy) is 3. The molecule has 8 heteroatoms. The summed E-state index contributed by atoms with van der Waals surface area (Å²) in [5, 5.41) is 4.15. The fourth-order valence-electron chi connectivity index (χ4n) is 4.48. The van der Waals surface area contributed by atoms with Gasteiger partial charge in [0.1, 0.15) is 12.3 Å². The molecule has 0 unspecified atom stereocenters. The van der Waals surface area contributed by atoms with Crippen LogP contribution in [0.4, 0.5) is 0 Å². The summed E-state index contributed by atoms with van der Waals surface area (Å²) in [6.45, 7) is 0.277. The van der Waals surface area contributed by atoms with E-state index in [1.54, 1.807) is 33.5 Å². The van der Waals surface area contributed by atoms with Crippen LogP contribution in [0.1, 0.15) is 43.6 Å². The van der Waals surface area contributed by atoms with Gasteiger partial charge < -0.3 is 23.6 Å². The molecule has 0 bridgehead atoms. The van der Waals surface area contributed by atoms with Crippen LogP contribution in [0.3, 0.4) is 0 Å². The highest BCUT2D eigenvalue weighted by Crippen LogP contribution is 2.32. The first kappa shape index (κ1) is 23.6. The molecule has 3 aromatic rings. The van der Waals surface area contributed by atoms with E-state index < -0.39 is 0 Å². The Labute approximate surface area is 199 Å². The van der Waals surface area contributed by atoms with Crippen LogP contribution < -0.4 is 14.2 Å². The van der Waals surface area contributed by atoms with Crippen LogP contribution in [0.25, 0.3) is 11.4 Å². The smallest absolute Gasteiger partial charge is 0.246 e. The van der Waals surface area contributed by atoms with E-state index in [2.05, 4.69) is 10.1 Å². The lowest BCUT2D eigenvalue weighted by molar-refractivity contribution is -0.134. The molecule has 0 spiro atoms. The van der Waals surface area contributed by atoms with E-state index in [0.29, 0.717) is 29.0 Å². The first-order valence-corrected chi connectivity index (χ1v) is 11.6. The van der Waals surface area contributed by atoms with E-state index in [-0.39, 0.29) is 24.9 Å². The van der Waals surface area contributed by atoms with Crippen LogP contribution in [0.5, 0.6) is 17.2 Å². The number of methoxy groups -OCH3 is 3. The molecule has 1 saturated carbocycles. The summed E-state index contributed by atoms with van der Waals surface area (Å²) in [7, 11) is 4.79. The third kappa shape index (κ3) is 5.32. The lowest BCUT2D eigenvalue weighted by Crippen LogP contribution is -2.41. The Morgan fingerprint density at radius 3 is 2.44 bits per heavy atom. The van der Waals surface area contributed by atoms with E-state index in [1.165, 1.54) is 6.42 Å². The molecule has 1 fully saturated rings. The van der Waals surface area contributed by atoms with Crippen molar-refractivity contribution in [2.75, 3.05) is 21.3 Å². The van der Waals surface area contributed by atoms with Crippen LogP contribution in [-0.2, 0) is 17.8 Å². The maximum Gasteiger partial charge on any atom is 0.246 e. The standard InChI is InChI=1S/C26H31N3O5/c1-31-21-12-8-7-9-18(21)16-25(30)29(20-10-5-4-6-11-20)17-24-27-26(28-34-24)19-13-14-22(32-2)23(15-19)33-3/h7-9,12-15,20H,4-6,10-11,16-17H2,1-3H3. The summed E-state index contributed by atoms with van der Waals surface area (Å²) in [4.78, 5) is 19.9. The Balaban J connectivity index is 1.55. The van der Waals surface area contributed by atoms with E-state index in [4.69, 9.17) is 18.7 Å². The Morgan fingerprint density at radius 2 is 1.71 bits per heavy atom. The van der Waals surface area contributed by atoms with Crippen LogP contribution >= 0.6 is 0 Å². The summed E-state index contributed by atoms with van der Waals surface area (Å²) < 4.78 is 21.7. The van der Waals surface area contributed by atoms with Gasteiger partial charge in [-0.1, -0.05) is 42.6 Å². The first-order chi connectivity index (χ1) is 16.6. The highest BCUT2D eigenvalue weighted by Gasteiger charge is 2.28. The van der Waals surface area contributed by atoms with Gasteiger partial charge in [0.15, 0.2) is 11.5 Å². The summed E-state index contributed by atoms with van der Waals surface area (Å²) >= 11 is 0. The Bertz CT molecular complexity index is 1110. The molecular formula is C26H31N3O5. The van der Waals surface area contributed by atoms with Gasteiger partial charge in [0, 0.05) is 17.2 Å². The van der Waals surface area contributed by atoms with Crippen LogP contribution in [0.2, 0.25) is 0 Å². The predicted molar refractivity (Wildman–Crippen MR) is 127 cm³/mol. The molecule has 1 aromatic heterocycles. The molecule has 1 amide bonds. The summed E-state index contributed by atoms with van der Waals surface area (Å²) in [5.74, 6) is 2.80. The number of carbonyl (C=O) groups is 1. The molecule has 0 atom stereocenters. The molecule has 4 rings (SSSR count). The van der Waals surface area contributed by atoms with Crippen molar-refractivity contribution >= 4 is 5.91 Å². The number of hydrogen-bond donors (Lipinski definition) is 0. The number of amides is 1. The molecule has 2 aromatic carbocycles. The lowest BCUT2D eigenvalue weighted by Gasteiger charge is -2.33. The predicted octanol–water partition coefficient (Wildman–Crippen LogP) is 4.67. The van der Waals surface area contributed by atoms with Gasteiger partial charge >= 0.3 is 0 Å². The van der Waals surface area contributed by atoms with Gasteiger partial charge in [0.2, 0.25) is 17.6 Å². The molecule has 8 nitrogen and oxygen atoms in total. The molecule has 0 aliphatic heterocycles. The molecule has 1 heterocycles. The highest BCUT2D eigenvalue weighted by molar-refractivity contribution is 5.79. The number of nitrogens with zero attached hydrogens (tertiary/aromatic N) is 3. The van der Waals surface area contributed by atoms with E-state index in [9.17, 15) is 4.79 Å². The van der Waals surface area contributed by atoms with Crippen LogP contribution in [0.15, 0.2) is 47.0 Å². The highest BCUT2D eigenvalue weighted by atomic mass is 16.5. The number of benzene rings is 2. The quantitative estimate of drug-likeness (QED) is 0.454. The van der Waals surface area contributed by atoms with Crippen molar-refractivity contribution in [1.29, 1.82) is 0 Å². The Kier molecular flexibility index (Phi) is 7.67. The van der Waals surface area contributed by atoms with Crippen molar-refractivity contribution in [3.63, 3.8) is 0 Å². The van der Waals surface area contributed by atoms with Gasteiger partial charge in [-0.3, -0.25) is 4.79 Å². The average Bonchev–Trinajstić information content (AvgIpc) is 3.36. The molecule has 1 aliphatic rings. The number of carbonyl (C=O) groups excluding carboxylic acids is 1. The molecule has 34 heavy (non-hydrogen) atoms. The van der Waals surface area contributed by atoms with Gasteiger partial charge in [-0.15, -0.1) is 0 Å². The number of para-hydroxylation sites is 1. The zero-order chi connectivity index (χ0) is 23.9. The maximum absolute atomic E-state index is 13.5. The van der Waals surface area contributed by atoms with Crippen LogP contribution in [0, 0.1) is 0 Å². The Hall–Kier alpha value is -3.55. The molecule has 0 saturated heterocycles. The normalized spacial score (nSPS) is 14.0. The second kappa shape index (κ2) is 11.0. The summed E-state index contributed by atoms with van der Waals surface area (Å²) in [6.07, 6.45) is 5.66. The van der Waals surface area contributed by atoms with E-state index in [0.717, 1.165) is 36.8 Å². The van der Waals surface area contributed by atoms with E-state index in [1.807, 2.05) is 35.2 Å². The molecule has 180 valence electrons. The summed E-state index contributed by atoms with van der Waals surface area (Å²) in [5.41, 5.74) is 1.62. The van der Waals surface area contributed by atoms with Crippen molar-refractivity contribution in [1.82, 2.24) is 15.0 Å². The molecule has 0 radical (unpaired) electrons. The van der Waals surface area contributed by atoms with Crippen molar-refractivity contribution in [3.8, 4) is 28.6 Å². The minimum absolute atomic E-state index is 0.0299. The molecule has 1 aliphatic carbocycles. The van der Waals surface area contributed by atoms with Crippen molar-refractivity contribution in [2.45, 2.75) is 51.1 Å². The van der Waals surface area contributed by atoms with Crippen molar-refractivity contribution in [3.05, 3.63) is 53.9 Å². The fourth-order valence-corrected chi connectivity index (χ4v) is 4.48. The largest absolute Gasteiger partial charge is 0.496 e. The average molecular weight is 466 g/mol. The zero-order valence-electron chi connectivity index (χ0n) is 20.0. The molecular weight excluding hydrogens is 434 g/mol. The van der Waals surface area contributed by atoms with Gasteiger partial charge in [0.25, 0.3) is 0 Å². The van der Waals surface area contributed by atoms with Crippen LogP contribution in [-0.4, -0.2) is 48.3 Å². The fraction of sp³-hybridized carbons (Fsp3) is 0.423. The number of rotatable bonds is 9. The third-order valence-corrected chi connectivity index (χ3v) is 6.29. The second-order valence-electron chi connectivity index (χ2n) is 8.38. The summed E-state index contributed by atoms with van der Waals surface area (Å²) in [6, 6.07) is 13.2. The van der Waals surface area contributed by atoms with Crippen molar-refractivity contribution in [2.24, 2.45) is 0 Å². The number of hydrogen-bond acceptors (Lipinski definition) is 7. The lowest BCUT2D eigenvalue weighted by atomic mass is 9.93. The number of aromatic nitrogens is 2. The van der Waals surface area contributed by atoms with E-state index >= 15 is 0 Å².